The molecule has 1 aliphatic carbocycles. The highest BCUT2D eigenvalue weighted by molar-refractivity contribution is 6.28. The van der Waals surface area contributed by atoms with Gasteiger partial charge in [0.2, 0.25) is 5.78 Å². The quantitative estimate of drug-likeness (QED) is 0.0800. The number of aromatic hydroxyl groups is 1. The van der Waals surface area contributed by atoms with Crippen LogP contribution in [0.5, 0.6) is 5.75 Å². The normalized spacial score (nSPS) is 39.6. The maximum atomic E-state index is 13.8. The van der Waals surface area contributed by atoms with E-state index in [1.54, 1.807) is 0 Å². The molecule has 10 N–H and O–H groups in total. The van der Waals surface area contributed by atoms with Gasteiger partial charge in [-0.2, -0.15) is 0 Å². The van der Waals surface area contributed by atoms with Crippen LogP contribution in [-0.4, -0.2) is 143 Å². The molecule has 1 aromatic rings. The van der Waals surface area contributed by atoms with Gasteiger partial charge in [-0.3, -0.25) is 9.59 Å². The van der Waals surface area contributed by atoms with Crippen LogP contribution < -0.4 is 0 Å². The van der Waals surface area contributed by atoms with Crippen LogP contribution in [0.25, 0.3) is 6.08 Å². The first-order chi connectivity index (χ1) is 20.3. The molecule has 3 aliphatic heterocycles. The molecule has 2 fully saturated rings. The fourth-order valence-electron chi connectivity index (χ4n) is 5.31. The number of allylic oxidation sites excluding steroid dienone is 1. The average molecular weight is 611 g/mol. The lowest BCUT2D eigenvalue weighted by atomic mass is 9.83. The Hall–Kier alpha value is -3.26. The minimum absolute atomic E-state index is 0.0575. The van der Waals surface area contributed by atoms with Crippen molar-refractivity contribution in [1.82, 2.24) is 0 Å². The lowest BCUT2D eigenvalue weighted by Crippen LogP contribution is -2.62. The third-order valence-electron chi connectivity index (χ3n) is 7.69. The molecule has 16 heteroatoms. The van der Waals surface area contributed by atoms with E-state index in [1.165, 1.54) is 30.3 Å². The van der Waals surface area contributed by atoms with Gasteiger partial charge in [0.05, 0.1) is 18.8 Å². The van der Waals surface area contributed by atoms with Crippen LogP contribution in [0.2, 0.25) is 0 Å². The summed E-state index contributed by atoms with van der Waals surface area (Å²) in [6.45, 7) is -1.70. The molecule has 16 nitrogen and oxygen atoms in total. The number of phenols is 1. The third-order valence-corrected chi connectivity index (χ3v) is 7.69. The molecule has 0 amide bonds. The van der Waals surface area contributed by atoms with E-state index < -0.39 is 114 Å². The van der Waals surface area contributed by atoms with E-state index in [4.69, 9.17) is 18.9 Å². The lowest BCUT2D eigenvalue weighted by Gasteiger charge is -2.43. The Balaban J connectivity index is 1.58. The van der Waals surface area contributed by atoms with Crippen LogP contribution in [0.15, 0.2) is 53.0 Å². The van der Waals surface area contributed by atoms with Gasteiger partial charge in [0.15, 0.2) is 23.9 Å². The summed E-state index contributed by atoms with van der Waals surface area (Å²) in [6, 6.07) is 5.51. The van der Waals surface area contributed by atoms with Gasteiger partial charge in [-0.15, -0.1) is 0 Å². The summed E-state index contributed by atoms with van der Waals surface area (Å²) in [6.07, 6.45) is -15.7. The van der Waals surface area contributed by atoms with Gasteiger partial charge in [-0.05, 0) is 23.8 Å². The first-order valence-corrected chi connectivity index (χ1v) is 13.1. The second-order valence-electron chi connectivity index (χ2n) is 10.4. The van der Waals surface area contributed by atoms with Crippen LogP contribution in [0.3, 0.4) is 0 Å². The minimum Gasteiger partial charge on any atom is -0.508 e. The first-order valence-electron chi connectivity index (χ1n) is 13.1. The number of Topliss-reactive ketones (excluding diaryl/α,β-unsaturated/α-hetero) is 1. The van der Waals surface area contributed by atoms with Crippen molar-refractivity contribution in [3.05, 3.63) is 58.6 Å². The van der Waals surface area contributed by atoms with Crippen molar-refractivity contribution in [3.63, 3.8) is 0 Å². The molecule has 5 rings (SSSR count). The maximum Gasteiger partial charge on any atom is 0.294 e. The molecule has 0 radical (unpaired) electrons. The molecule has 43 heavy (non-hydrogen) atoms. The van der Waals surface area contributed by atoms with Crippen molar-refractivity contribution in [2.45, 2.75) is 67.0 Å². The van der Waals surface area contributed by atoms with E-state index in [9.17, 15) is 60.7 Å². The number of hydrogen-bond donors (Lipinski definition) is 10. The summed E-state index contributed by atoms with van der Waals surface area (Å²) in [4.78, 5) is 27.1. The fourth-order valence-corrected chi connectivity index (χ4v) is 5.31. The van der Waals surface area contributed by atoms with Crippen LogP contribution in [0.4, 0.5) is 0 Å². The number of ketones is 2. The predicted octanol–water partition coefficient (Wildman–Crippen LogP) is -3.99. The molecule has 1 aromatic carbocycles. The minimum atomic E-state index is -3.41. The van der Waals surface area contributed by atoms with Crippen LogP contribution in [-0.2, 0) is 28.5 Å². The Morgan fingerprint density at radius 1 is 0.884 bits per heavy atom. The summed E-state index contributed by atoms with van der Waals surface area (Å²) in [7, 11) is 0. The van der Waals surface area contributed by atoms with E-state index in [0.717, 1.165) is 6.08 Å². The zero-order valence-electron chi connectivity index (χ0n) is 22.1. The van der Waals surface area contributed by atoms with Crippen molar-refractivity contribution in [2.75, 3.05) is 13.2 Å². The Bertz CT molecular complexity index is 1350. The molecule has 11 atom stereocenters. The number of benzene rings is 1. The summed E-state index contributed by atoms with van der Waals surface area (Å²) in [5.41, 5.74) is -1.23. The van der Waals surface area contributed by atoms with E-state index in [-0.39, 0.29) is 5.75 Å². The molecule has 3 heterocycles. The molecule has 2 saturated heterocycles. The molecular weight excluding hydrogens is 580 g/mol. The number of ether oxygens (including phenoxy) is 4. The summed E-state index contributed by atoms with van der Waals surface area (Å²) in [5.74, 6) is -8.23. The molecule has 0 spiro atoms. The Kier molecular flexibility index (Phi) is 8.47. The first kappa shape index (κ1) is 31.2. The van der Waals surface area contributed by atoms with Crippen molar-refractivity contribution in [2.24, 2.45) is 0 Å². The van der Waals surface area contributed by atoms with Crippen molar-refractivity contribution < 1.29 is 79.6 Å². The average Bonchev–Trinajstić information content (AvgIpc) is 3.39. The highest BCUT2D eigenvalue weighted by atomic mass is 16.8. The summed E-state index contributed by atoms with van der Waals surface area (Å²) >= 11 is 0. The van der Waals surface area contributed by atoms with E-state index >= 15 is 0 Å². The Labute approximate surface area is 242 Å². The Morgan fingerprint density at radius 3 is 2.12 bits per heavy atom. The number of hydrogen-bond acceptors (Lipinski definition) is 16. The summed E-state index contributed by atoms with van der Waals surface area (Å²) < 4.78 is 21.8. The number of aliphatic hydroxyl groups is 9. The number of carbonyl (C=O) groups is 2. The number of carbonyl (C=O) groups excluding carboxylic acids is 2. The fraction of sp³-hybridized carbons (Fsp3) is 0.481. The van der Waals surface area contributed by atoms with E-state index in [0.29, 0.717) is 5.56 Å². The highest BCUT2D eigenvalue weighted by Crippen LogP contribution is 2.48. The van der Waals surface area contributed by atoms with Crippen molar-refractivity contribution in [1.29, 1.82) is 0 Å². The molecule has 0 saturated carbocycles. The second kappa shape index (κ2) is 11.7. The van der Waals surface area contributed by atoms with Gasteiger partial charge in [-0.1, -0.05) is 18.2 Å². The van der Waals surface area contributed by atoms with Gasteiger partial charge < -0.3 is 70.0 Å². The standard InChI is InChI=1S/C27H30O16/c28-7-12-17(33)20(36)23-22(40-12)15-18(34)14(11(31)6-3-9-1-4-10(30)5-2-9)24(38)27(39,25(15)42-23)43-26-21(37)19(35)16(32)13(8-29)41-26/h1-6,12-13,16-17,19-23,26,28-30,32-37,39H,7-8H2/t12?,13-,16-,17?,19+,20?,21-,22?,23?,26+,27?/m1/s1. The van der Waals surface area contributed by atoms with Gasteiger partial charge in [-0.25, -0.2) is 0 Å². The molecule has 4 aliphatic rings. The van der Waals surface area contributed by atoms with Crippen molar-refractivity contribution in [3.8, 4) is 5.75 Å². The van der Waals surface area contributed by atoms with Gasteiger partial charge in [0, 0.05) is 0 Å². The van der Waals surface area contributed by atoms with Gasteiger partial charge in [0.1, 0.15) is 65.9 Å². The zero-order chi connectivity index (χ0) is 31.4. The molecule has 0 bridgehead atoms. The smallest absolute Gasteiger partial charge is 0.294 e. The summed E-state index contributed by atoms with van der Waals surface area (Å²) in [5, 5.41) is 103. The predicted molar refractivity (Wildman–Crippen MR) is 136 cm³/mol. The van der Waals surface area contributed by atoms with Gasteiger partial charge >= 0.3 is 0 Å². The van der Waals surface area contributed by atoms with Crippen LogP contribution in [0, 0.1) is 0 Å². The Morgan fingerprint density at radius 2 is 1.49 bits per heavy atom. The van der Waals surface area contributed by atoms with E-state index in [2.05, 4.69) is 0 Å². The molecule has 6 unspecified atom stereocenters. The number of phenolic OH excluding ortho intramolecular Hbond substituents is 1. The van der Waals surface area contributed by atoms with E-state index in [1.807, 2.05) is 0 Å². The zero-order valence-corrected chi connectivity index (χ0v) is 22.1. The highest BCUT2D eigenvalue weighted by Gasteiger charge is 2.64. The van der Waals surface area contributed by atoms with Crippen LogP contribution >= 0.6 is 0 Å². The van der Waals surface area contributed by atoms with Crippen LogP contribution in [0.1, 0.15) is 5.56 Å². The molecule has 234 valence electrons. The largest absolute Gasteiger partial charge is 0.508 e. The number of aliphatic hydroxyl groups excluding tert-OH is 8. The molecule has 0 aromatic heterocycles. The second-order valence-corrected chi connectivity index (χ2v) is 10.4. The topological polar surface area (TPSA) is 273 Å². The number of rotatable bonds is 7. The lowest BCUT2D eigenvalue weighted by molar-refractivity contribution is -0.349. The SMILES string of the molecule is O=C(C=Cc1ccc(O)cc1)C1=C(O)C2=C(OC3C2OC(CO)C(O)C3O)C(O)(O[C@@H]2O[C@H](CO)[C@@H](O)[C@H](O)[C@H]2O)C1=O. The van der Waals surface area contributed by atoms with Gasteiger partial charge in [0.25, 0.3) is 5.79 Å². The molecular formula is C27H30O16. The monoisotopic (exact) mass is 610 g/mol. The maximum absolute atomic E-state index is 13.8. The van der Waals surface area contributed by atoms with Crippen molar-refractivity contribution >= 4 is 17.6 Å². The number of fused-ring (bicyclic) bond motifs is 2. The third kappa shape index (κ3) is 5.15.